The van der Waals surface area contributed by atoms with Crippen molar-refractivity contribution >= 4 is 21.8 Å². The highest BCUT2D eigenvalue weighted by atomic mass is 79.9. The summed E-state index contributed by atoms with van der Waals surface area (Å²) >= 11 is 3.21. The summed E-state index contributed by atoms with van der Waals surface area (Å²) in [5, 5.41) is 0. The number of fused-ring (bicyclic) bond motifs is 1. The molecule has 0 saturated heterocycles. The van der Waals surface area contributed by atoms with Gasteiger partial charge in [0, 0.05) is 22.8 Å². The van der Waals surface area contributed by atoms with Crippen molar-refractivity contribution in [3.05, 3.63) is 63.6 Å². The number of hydrogen-bond acceptors (Lipinski definition) is 2. The van der Waals surface area contributed by atoms with E-state index in [0.717, 1.165) is 5.69 Å². The number of halogens is 2. The summed E-state index contributed by atoms with van der Waals surface area (Å²) in [6.07, 6.45) is 1.66. The Kier molecular flexibility index (Phi) is 3.06. The normalized spacial score (nSPS) is 13.8. The summed E-state index contributed by atoms with van der Waals surface area (Å²) < 4.78 is 14.5. The van der Waals surface area contributed by atoms with Crippen LogP contribution >= 0.6 is 15.9 Å². The van der Waals surface area contributed by atoms with Gasteiger partial charge >= 0.3 is 0 Å². The van der Waals surface area contributed by atoms with E-state index in [1.165, 1.54) is 6.07 Å². The van der Waals surface area contributed by atoms with Crippen molar-refractivity contribution in [1.82, 2.24) is 9.88 Å². The van der Waals surface area contributed by atoms with Crippen molar-refractivity contribution in [1.29, 1.82) is 0 Å². The van der Waals surface area contributed by atoms with Crippen LogP contribution < -0.4 is 0 Å². The molecule has 0 saturated carbocycles. The van der Waals surface area contributed by atoms with E-state index >= 15 is 0 Å². The Morgan fingerprint density at radius 3 is 2.95 bits per heavy atom. The minimum Gasteiger partial charge on any atom is -0.328 e. The summed E-state index contributed by atoms with van der Waals surface area (Å²) in [6.45, 7) is 0.693. The lowest BCUT2D eigenvalue weighted by Gasteiger charge is -2.15. The second-order valence-corrected chi connectivity index (χ2v) is 5.31. The van der Waals surface area contributed by atoms with Crippen molar-refractivity contribution in [2.45, 2.75) is 13.1 Å². The van der Waals surface area contributed by atoms with E-state index in [2.05, 4.69) is 20.9 Å². The molecule has 19 heavy (non-hydrogen) atoms. The highest BCUT2D eigenvalue weighted by molar-refractivity contribution is 9.10. The summed E-state index contributed by atoms with van der Waals surface area (Å²) in [5.74, 6) is -0.406. The summed E-state index contributed by atoms with van der Waals surface area (Å²) in [7, 11) is 0. The largest absolute Gasteiger partial charge is 0.328 e. The quantitative estimate of drug-likeness (QED) is 0.851. The molecule has 0 radical (unpaired) electrons. The Balaban J connectivity index is 1.85. The van der Waals surface area contributed by atoms with Crippen LogP contribution in [0.1, 0.15) is 21.6 Å². The molecule has 1 aliphatic heterocycles. The van der Waals surface area contributed by atoms with Crippen molar-refractivity contribution in [3.8, 4) is 0 Å². The predicted molar refractivity (Wildman–Crippen MR) is 71.9 cm³/mol. The highest BCUT2D eigenvalue weighted by Crippen LogP contribution is 2.24. The number of hydrogen-bond donors (Lipinski definition) is 0. The number of nitrogens with zero attached hydrogens (tertiary/aromatic N) is 2. The number of pyridine rings is 1. The van der Waals surface area contributed by atoms with Gasteiger partial charge in [0.05, 0.1) is 17.8 Å². The molecular formula is C14H10BrFN2O. The molecule has 1 aliphatic rings. The number of benzene rings is 1. The first-order chi connectivity index (χ1) is 9.15. The molecule has 2 heterocycles. The lowest BCUT2D eigenvalue weighted by atomic mass is 10.2. The fourth-order valence-electron chi connectivity index (χ4n) is 2.16. The van der Waals surface area contributed by atoms with Gasteiger partial charge in [-0.1, -0.05) is 22.0 Å². The van der Waals surface area contributed by atoms with Crippen LogP contribution in [0.2, 0.25) is 0 Å². The lowest BCUT2D eigenvalue weighted by Crippen LogP contribution is -2.23. The van der Waals surface area contributed by atoms with Gasteiger partial charge in [0.2, 0.25) is 0 Å². The molecule has 3 rings (SSSR count). The van der Waals surface area contributed by atoms with E-state index in [1.54, 1.807) is 35.4 Å². The smallest absolute Gasteiger partial charge is 0.256 e. The van der Waals surface area contributed by atoms with Gasteiger partial charge in [-0.25, -0.2) is 4.39 Å². The molecule has 1 aromatic heterocycles. The summed E-state index contributed by atoms with van der Waals surface area (Å²) in [4.78, 5) is 17.9. The Hall–Kier alpha value is -1.75. The van der Waals surface area contributed by atoms with Crippen molar-refractivity contribution in [2.75, 3.05) is 0 Å². The van der Waals surface area contributed by atoms with Gasteiger partial charge < -0.3 is 4.90 Å². The molecule has 0 spiro atoms. The van der Waals surface area contributed by atoms with Crippen LogP contribution in [0, 0.1) is 5.82 Å². The van der Waals surface area contributed by atoms with Crippen LogP contribution in [0.25, 0.3) is 0 Å². The molecule has 0 aliphatic carbocycles. The Morgan fingerprint density at radius 1 is 1.37 bits per heavy atom. The first-order valence-corrected chi connectivity index (χ1v) is 6.61. The molecule has 0 N–H and O–H groups in total. The average Bonchev–Trinajstić information content (AvgIpc) is 2.70. The second-order valence-electron chi connectivity index (χ2n) is 4.39. The van der Waals surface area contributed by atoms with Crippen molar-refractivity contribution < 1.29 is 9.18 Å². The third-order valence-corrected chi connectivity index (χ3v) is 3.62. The number of aromatic nitrogens is 1. The van der Waals surface area contributed by atoms with Gasteiger partial charge in [-0.3, -0.25) is 9.78 Å². The fourth-order valence-corrected chi connectivity index (χ4v) is 2.50. The van der Waals surface area contributed by atoms with E-state index in [4.69, 9.17) is 0 Å². The van der Waals surface area contributed by atoms with Crippen LogP contribution in [-0.4, -0.2) is 15.8 Å². The van der Waals surface area contributed by atoms with E-state index < -0.39 is 0 Å². The van der Waals surface area contributed by atoms with Crippen LogP contribution in [0.5, 0.6) is 0 Å². The zero-order chi connectivity index (χ0) is 13.4. The van der Waals surface area contributed by atoms with E-state index in [9.17, 15) is 9.18 Å². The zero-order valence-electron chi connectivity index (χ0n) is 9.94. The molecule has 0 fully saturated rings. The molecular weight excluding hydrogens is 311 g/mol. The highest BCUT2D eigenvalue weighted by Gasteiger charge is 2.28. The van der Waals surface area contributed by atoms with Gasteiger partial charge in [0.1, 0.15) is 5.82 Å². The van der Waals surface area contributed by atoms with Crippen LogP contribution in [-0.2, 0) is 13.1 Å². The molecule has 1 aromatic carbocycles. The molecule has 0 unspecified atom stereocenters. The minimum atomic E-state index is -0.314. The summed E-state index contributed by atoms with van der Waals surface area (Å²) in [5.41, 5.74) is 1.87. The van der Waals surface area contributed by atoms with Gasteiger partial charge in [0.15, 0.2) is 0 Å². The maximum atomic E-state index is 13.8. The van der Waals surface area contributed by atoms with Gasteiger partial charge in [-0.2, -0.15) is 0 Å². The Labute approximate surface area is 118 Å². The first kappa shape index (κ1) is 12.3. The Bertz CT molecular complexity index is 660. The monoisotopic (exact) mass is 320 g/mol. The summed E-state index contributed by atoms with van der Waals surface area (Å²) in [6, 6.07) is 8.35. The minimum absolute atomic E-state index is 0.0922. The molecule has 96 valence electrons. The predicted octanol–water partition coefficient (Wildman–Crippen LogP) is 3.14. The standard InChI is InChI=1S/C14H10BrFN2O/c15-10-4-3-9(12(16)6-10)7-18-8-13-11(14(18)19)2-1-5-17-13/h1-6H,7-8H2. The maximum absolute atomic E-state index is 13.8. The van der Waals surface area contributed by atoms with Crippen LogP contribution in [0.3, 0.4) is 0 Å². The molecule has 1 amide bonds. The molecule has 2 aromatic rings. The fraction of sp³-hybridized carbons (Fsp3) is 0.143. The third kappa shape index (κ3) is 2.26. The van der Waals surface area contributed by atoms with E-state index in [-0.39, 0.29) is 18.3 Å². The van der Waals surface area contributed by atoms with Crippen molar-refractivity contribution in [2.24, 2.45) is 0 Å². The molecule has 5 heteroatoms. The lowest BCUT2D eigenvalue weighted by molar-refractivity contribution is 0.0765. The second kappa shape index (κ2) is 4.74. The van der Waals surface area contributed by atoms with Gasteiger partial charge in [-0.15, -0.1) is 0 Å². The number of rotatable bonds is 2. The molecule has 0 bridgehead atoms. The topological polar surface area (TPSA) is 33.2 Å². The third-order valence-electron chi connectivity index (χ3n) is 3.12. The Morgan fingerprint density at radius 2 is 2.21 bits per heavy atom. The van der Waals surface area contributed by atoms with Crippen LogP contribution in [0.4, 0.5) is 4.39 Å². The molecule has 0 atom stereocenters. The number of carbonyl (C=O) groups excluding carboxylic acids is 1. The van der Waals surface area contributed by atoms with Gasteiger partial charge in [0.25, 0.3) is 5.91 Å². The molecule has 3 nitrogen and oxygen atoms in total. The first-order valence-electron chi connectivity index (χ1n) is 5.82. The zero-order valence-corrected chi connectivity index (χ0v) is 11.5. The number of amides is 1. The van der Waals surface area contributed by atoms with E-state index in [0.29, 0.717) is 22.1 Å². The van der Waals surface area contributed by atoms with Crippen molar-refractivity contribution in [3.63, 3.8) is 0 Å². The average molecular weight is 321 g/mol. The SMILES string of the molecule is O=C1c2cccnc2CN1Cc1ccc(Br)cc1F. The van der Waals surface area contributed by atoms with Crippen LogP contribution in [0.15, 0.2) is 41.0 Å². The van der Waals surface area contributed by atoms with Gasteiger partial charge in [-0.05, 0) is 24.3 Å². The number of carbonyl (C=O) groups is 1. The maximum Gasteiger partial charge on any atom is 0.256 e. The van der Waals surface area contributed by atoms with E-state index in [1.807, 2.05) is 0 Å².